The van der Waals surface area contributed by atoms with Crippen LogP contribution in [0.4, 0.5) is 5.69 Å². The molecule has 3 rings (SSSR count). The highest BCUT2D eigenvalue weighted by molar-refractivity contribution is 5.92. The van der Waals surface area contributed by atoms with Crippen LogP contribution in [0, 0.1) is 10.1 Å². The number of carbonyl (C=O) groups is 1. The molecule has 0 N–H and O–H groups in total. The van der Waals surface area contributed by atoms with Gasteiger partial charge in [-0.25, -0.2) is 0 Å². The van der Waals surface area contributed by atoms with Gasteiger partial charge in [-0.1, -0.05) is 48.5 Å². The van der Waals surface area contributed by atoms with E-state index in [4.69, 9.17) is 0 Å². The molecular weight excluding hydrogens is 316 g/mol. The molecular formula is C20H18N2O3. The summed E-state index contributed by atoms with van der Waals surface area (Å²) in [6.45, 7) is 1.24. The number of amides is 1. The Kier molecular flexibility index (Phi) is 5.04. The van der Waals surface area contributed by atoms with Crippen LogP contribution >= 0.6 is 0 Å². The number of nitrogens with zero attached hydrogens (tertiary/aromatic N) is 2. The molecule has 0 atom stereocenters. The Hall–Kier alpha value is -3.21. The lowest BCUT2D eigenvalue weighted by Gasteiger charge is -2.25. The van der Waals surface area contributed by atoms with Crippen molar-refractivity contribution in [2.24, 2.45) is 0 Å². The maximum Gasteiger partial charge on any atom is 0.270 e. The first-order valence-corrected chi connectivity index (χ1v) is 8.09. The van der Waals surface area contributed by atoms with E-state index < -0.39 is 4.92 Å². The summed E-state index contributed by atoms with van der Waals surface area (Å²) in [4.78, 5) is 24.4. The minimum atomic E-state index is -0.445. The first kappa shape index (κ1) is 16.6. The van der Waals surface area contributed by atoms with Gasteiger partial charge in [0.15, 0.2) is 0 Å². The SMILES string of the molecule is O=C(/C=C/c1cccc([N+](=O)[O-])c1)N1CC=C(c2ccccc2)CC1. The molecule has 0 unspecified atom stereocenters. The molecule has 1 heterocycles. The van der Waals surface area contributed by atoms with Crippen LogP contribution in [-0.2, 0) is 4.79 Å². The van der Waals surface area contributed by atoms with Crippen LogP contribution in [0.3, 0.4) is 0 Å². The lowest BCUT2D eigenvalue weighted by molar-refractivity contribution is -0.384. The Balaban J connectivity index is 1.64. The van der Waals surface area contributed by atoms with Crippen LogP contribution in [0.25, 0.3) is 11.6 Å². The summed E-state index contributed by atoms with van der Waals surface area (Å²) in [5, 5.41) is 10.8. The fourth-order valence-electron chi connectivity index (χ4n) is 2.80. The van der Waals surface area contributed by atoms with Crippen molar-refractivity contribution in [1.29, 1.82) is 0 Å². The van der Waals surface area contributed by atoms with Gasteiger partial charge in [0.05, 0.1) is 4.92 Å². The standard InChI is InChI=1S/C20H18N2O3/c23-20(10-9-16-5-4-8-19(15-16)22(24)25)21-13-11-18(12-14-21)17-6-2-1-3-7-17/h1-11,15H,12-14H2/b10-9+. The van der Waals surface area contributed by atoms with Gasteiger partial charge in [-0.15, -0.1) is 0 Å². The van der Waals surface area contributed by atoms with Crippen LogP contribution in [-0.4, -0.2) is 28.8 Å². The average Bonchev–Trinajstić information content (AvgIpc) is 2.67. The summed E-state index contributed by atoms with van der Waals surface area (Å²) in [7, 11) is 0. The van der Waals surface area contributed by atoms with E-state index >= 15 is 0 Å². The Morgan fingerprint density at radius 3 is 2.60 bits per heavy atom. The monoisotopic (exact) mass is 334 g/mol. The number of hydrogen-bond acceptors (Lipinski definition) is 3. The zero-order valence-electron chi connectivity index (χ0n) is 13.7. The third-order valence-corrected chi connectivity index (χ3v) is 4.16. The maximum atomic E-state index is 12.3. The molecule has 25 heavy (non-hydrogen) atoms. The van der Waals surface area contributed by atoms with Gasteiger partial charge in [0, 0.05) is 31.3 Å². The zero-order valence-corrected chi connectivity index (χ0v) is 13.7. The molecule has 0 saturated heterocycles. The van der Waals surface area contributed by atoms with Gasteiger partial charge >= 0.3 is 0 Å². The number of hydrogen-bond donors (Lipinski definition) is 0. The van der Waals surface area contributed by atoms with Crippen molar-refractivity contribution in [3.8, 4) is 0 Å². The van der Waals surface area contributed by atoms with Crippen molar-refractivity contribution in [2.75, 3.05) is 13.1 Å². The van der Waals surface area contributed by atoms with Crippen molar-refractivity contribution < 1.29 is 9.72 Å². The predicted octanol–water partition coefficient (Wildman–Crippen LogP) is 3.92. The molecule has 0 fully saturated rings. The van der Waals surface area contributed by atoms with Gasteiger partial charge in [0.2, 0.25) is 5.91 Å². The molecule has 1 aliphatic heterocycles. The van der Waals surface area contributed by atoms with Crippen molar-refractivity contribution in [1.82, 2.24) is 4.90 Å². The molecule has 0 spiro atoms. The fraction of sp³-hybridized carbons (Fsp3) is 0.150. The van der Waals surface area contributed by atoms with Gasteiger partial charge in [-0.2, -0.15) is 0 Å². The quantitative estimate of drug-likeness (QED) is 0.483. The molecule has 1 aliphatic rings. The third-order valence-electron chi connectivity index (χ3n) is 4.16. The van der Waals surface area contributed by atoms with Gasteiger partial charge < -0.3 is 4.90 Å². The molecule has 0 aromatic heterocycles. The summed E-state index contributed by atoms with van der Waals surface area (Å²) in [5.41, 5.74) is 3.11. The van der Waals surface area contributed by atoms with E-state index in [9.17, 15) is 14.9 Å². The summed E-state index contributed by atoms with van der Waals surface area (Å²) in [6.07, 6.45) is 5.99. The summed E-state index contributed by atoms with van der Waals surface area (Å²) < 4.78 is 0. The van der Waals surface area contributed by atoms with Gasteiger partial charge in [-0.3, -0.25) is 14.9 Å². The largest absolute Gasteiger partial charge is 0.335 e. The molecule has 2 aromatic carbocycles. The highest BCUT2D eigenvalue weighted by atomic mass is 16.6. The highest BCUT2D eigenvalue weighted by Crippen LogP contribution is 2.22. The second-order valence-electron chi connectivity index (χ2n) is 5.82. The lowest BCUT2D eigenvalue weighted by atomic mass is 9.99. The number of benzene rings is 2. The van der Waals surface area contributed by atoms with E-state index in [0.29, 0.717) is 18.7 Å². The molecule has 0 bridgehead atoms. The number of nitro benzene ring substituents is 1. The fourth-order valence-corrected chi connectivity index (χ4v) is 2.80. The van der Waals surface area contributed by atoms with Crippen LogP contribution in [0.2, 0.25) is 0 Å². The molecule has 0 saturated carbocycles. The highest BCUT2D eigenvalue weighted by Gasteiger charge is 2.16. The maximum absolute atomic E-state index is 12.3. The lowest BCUT2D eigenvalue weighted by Crippen LogP contribution is -2.33. The second-order valence-corrected chi connectivity index (χ2v) is 5.82. The first-order valence-electron chi connectivity index (χ1n) is 8.09. The third kappa shape index (κ3) is 4.20. The summed E-state index contributed by atoms with van der Waals surface area (Å²) in [5.74, 6) is -0.0881. The average molecular weight is 334 g/mol. The van der Waals surface area contributed by atoms with Crippen molar-refractivity contribution in [2.45, 2.75) is 6.42 Å². The van der Waals surface area contributed by atoms with Gasteiger partial charge in [0.25, 0.3) is 5.69 Å². The van der Waals surface area contributed by atoms with E-state index in [1.54, 1.807) is 23.1 Å². The smallest absolute Gasteiger partial charge is 0.270 e. The van der Waals surface area contributed by atoms with Crippen molar-refractivity contribution in [3.05, 3.63) is 88.0 Å². The summed E-state index contributed by atoms with van der Waals surface area (Å²) in [6, 6.07) is 16.4. The molecule has 0 aliphatic carbocycles. The summed E-state index contributed by atoms with van der Waals surface area (Å²) >= 11 is 0. The second kappa shape index (κ2) is 7.57. The molecule has 5 heteroatoms. The van der Waals surface area contributed by atoms with E-state index in [1.807, 2.05) is 18.2 Å². The minimum absolute atomic E-state index is 0.0167. The normalized spacial score (nSPS) is 14.4. The Labute approximate surface area is 146 Å². The number of carbonyl (C=O) groups excluding carboxylic acids is 1. The minimum Gasteiger partial charge on any atom is -0.335 e. The van der Waals surface area contributed by atoms with Crippen LogP contribution < -0.4 is 0 Å². The van der Waals surface area contributed by atoms with Crippen molar-refractivity contribution >= 4 is 23.2 Å². The van der Waals surface area contributed by atoms with Crippen LogP contribution in [0.1, 0.15) is 17.5 Å². The molecule has 1 amide bonds. The molecule has 0 radical (unpaired) electrons. The van der Waals surface area contributed by atoms with Gasteiger partial charge in [0.1, 0.15) is 0 Å². The zero-order chi connectivity index (χ0) is 17.6. The molecule has 5 nitrogen and oxygen atoms in total. The van der Waals surface area contributed by atoms with Crippen LogP contribution in [0.15, 0.2) is 66.7 Å². The Morgan fingerprint density at radius 2 is 1.92 bits per heavy atom. The van der Waals surface area contributed by atoms with Crippen LogP contribution in [0.5, 0.6) is 0 Å². The Morgan fingerprint density at radius 1 is 1.12 bits per heavy atom. The van der Waals surface area contributed by atoms with E-state index in [1.165, 1.54) is 29.3 Å². The molecule has 2 aromatic rings. The number of rotatable bonds is 4. The van der Waals surface area contributed by atoms with Gasteiger partial charge in [-0.05, 0) is 29.2 Å². The van der Waals surface area contributed by atoms with E-state index in [-0.39, 0.29) is 11.6 Å². The Bertz CT molecular complexity index is 841. The first-order chi connectivity index (χ1) is 12.1. The van der Waals surface area contributed by atoms with E-state index in [0.717, 1.165) is 6.42 Å². The predicted molar refractivity (Wildman–Crippen MR) is 97.7 cm³/mol. The van der Waals surface area contributed by atoms with E-state index in [2.05, 4.69) is 18.2 Å². The number of non-ortho nitro benzene ring substituents is 1. The molecule has 126 valence electrons. The topological polar surface area (TPSA) is 63.4 Å². The van der Waals surface area contributed by atoms with Crippen molar-refractivity contribution in [3.63, 3.8) is 0 Å². The number of nitro groups is 1.